The van der Waals surface area contributed by atoms with Crippen molar-refractivity contribution in [3.05, 3.63) is 83.6 Å². The summed E-state index contributed by atoms with van der Waals surface area (Å²) in [6.07, 6.45) is 3.69. The minimum absolute atomic E-state index is 0.0552. The first kappa shape index (κ1) is 24.0. The Morgan fingerprint density at radius 3 is 2.70 bits per heavy atom. The number of amides is 1. The molecule has 2 aromatic heterocycles. The molecule has 0 unspecified atom stereocenters. The molecule has 0 atom stereocenters. The van der Waals surface area contributed by atoms with Crippen LogP contribution < -0.4 is 21.1 Å². The van der Waals surface area contributed by atoms with Gasteiger partial charge in [0, 0.05) is 25.0 Å². The average molecular weight is 505 g/mol. The highest BCUT2D eigenvalue weighted by Gasteiger charge is 2.21. The monoisotopic (exact) mass is 505 g/mol. The van der Waals surface area contributed by atoms with Gasteiger partial charge in [0.25, 0.3) is 5.56 Å². The molecule has 4 aromatic rings. The molecular formula is C25H21F2N7O3. The maximum absolute atomic E-state index is 14.9. The molecule has 0 saturated carbocycles. The minimum Gasteiger partial charge on any atom is -0.378 e. The van der Waals surface area contributed by atoms with Crippen LogP contribution in [-0.4, -0.2) is 51.7 Å². The van der Waals surface area contributed by atoms with Gasteiger partial charge < -0.3 is 20.3 Å². The molecule has 1 fully saturated rings. The van der Waals surface area contributed by atoms with Crippen LogP contribution in [0.4, 0.5) is 31.8 Å². The van der Waals surface area contributed by atoms with E-state index in [9.17, 15) is 18.4 Å². The van der Waals surface area contributed by atoms with Crippen LogP contribution in [0.3, 0.4) is 0 Å². The lowest BCUT2D eigenvalue weighted by molar-refractivity contribution is -0.111. The van der Waals surface area contributed by atoms with Crippen molar-refractivity contribution in [1.29, 1.82) is 0 Å². The second kappa shape index (κ2) is 10.1. The third kappa shape index (κ3) is 4.86. The number of halogens is 2. The summed E-state index contributed by atoms with van der Waals surface area (Å²) in [5.41, 5.74) is 0.632. The van der Waals surface area contributed by atoms with Crippen molar-refractivity contribution in [3.8, 4) is 5.69 Å². The fourth-order valence-electron chi connectivity index (χ4n) is 3.92. The van der Waals surface area contributed by atoms with Crippen molar-refractivity contribution >= 4 is 40.0 Å². The topological polar surface area (TPSA) is 114 Å². The molecular weight excluding hydrogens is 484 g/mol. The van der Waals surface area contributed by atoms with Crippen LogP contribution in [-0.2, 0) is 9.53 Å². The number of hydrogen-bond donors (Lipinski definition) is 2. The van der Waals surface area contributed by atoms with Gasteiger partial charge >= 0.3 is 0 Å². The zero-order chi connectivity index (χ0) is 25.9. The summed E-state index contributed by atoms with van der Waals surface area (Å²) in [6, 6.07) is 9.65. The number of ether oxygens (including phenoxy) is 1. The molecule has 3 heterocycles. The minimum atomic E-state index is -1.08. The average Bonchev–Trinajstić information content (AvgIpc) is 2.92. The number of anilines is 4. The summed E-state index contributed by atoms with van der Waals surface area (Å²) in [5, 5.41) is 5.47. The molecule has 0 aliphatic carbocycles. The summed E-state index contributed by atoms with van der Waals surface area (Å²) >= 11 is 0. The highest BCUT2D eigenvalue weighted by atomic mass is 19.2. The normalized spacial score (nSPS) is 13.4. The van der Waals surface area contributed by atoms with Crippen molar-refractivity contribution in [2.45, 2.75) is 0 Å². The molecule has 0 spiro atoms. The number of aromatic nitrogens is 4. The molecule has 0 bridgehead atoms. The molecule has 1 aliphatic heterocycles. The number of benzene rings is 2. The molecule has 1 aliphatic rings. The summed E-state index contributed by atoms with van der Waals surface area (Å²) < 4.78 is 36.6. The lowest BCUT2D eigenvalue weighted by atomic mass is 10.2. The van der Waals surface area contributed by atoms with Crippen LogP contribution in [0.15, 0.2) is 66.4 Å². The highest BCUT2D eigenvalue weighted by molar-refractivity contribution is 5.99. The molecule has 1 saturated heterocycles. The Balaban J connectivity index is 1.50. The Morgan fingerprint density at radius 2 is 1.92 bits per heavy atom. The third-order valence-corrected chi connectivity index (χ3v) is 5.76. The molecule has 10 nitrogen and oxygen atoms in total. The lowest BCUT2D eigenvalue weighted by Crippen LogP contribution is -2.36. The molecule has 12 heteroatoms. The number of nitrogens with one attached hydrogen (secondary N) is 2. The number of carbonyl (C=O) groups is 1. The standard InChI is InChI=1S/C25H21F2N7O3/c1-2-20(35)30-15-4-3-5-16(12-15)34-14-29-24(36)17-13-28-25(32-23(17)34)31-18-6-7-19(22(27)21(18)26)33-8-10-37-11-9-33/h2-7,12-14H,1,8-11H2,(H,30,35)(H,28,31,32). The van der Waals surface area contributed by atoms with E-state index in [4.69, 9.17) is 4.74 Å². The van der Waals surface area contributed by atoms with E-state index in [-0.39, 0.29) is 34.3 Å². The Labute approximate surface area is 209 Å². The Bertz CT molecular complexity index is 1570. The first-order valence-corrected chi connectivity index (χ1v) is 11.3. The first-order valence-electron chi connectivity index (χ1n) is 11.3. The highest BCUT2D eigenvalue weighted by Crippen LogP contribution is 2.29. The summed E-state index contributed by atoms with van der Waals surface area (Å²) in [6.45, 7) is 5.22. The quantitative estimate of drug-likeness (QED) is 0.384. The molecule has 37 heavy (non-hydrogen) atoms. The van der Waals surface area contributed by atoms with E-state index < -0.39 is 17.2 Å². The van der Waals surface area contributed by atoms with Gasteiger partial charge in [-0.05, 0) is 36.4 Å². The van der Waals surface area contributed by atoms with E-state index in [1.807, 2.05) is 0 Å². The van der Waals surface area contributed by atoms with E-state index in [0.29, 0.717) is 37.7 Å². The van der Waals surface area contributed by atoms with Crippen LogP contribution in [0.25, 0.3) is 16.7 Å². The van der Waals surface area contributed by atoms with Gasteiger partial charge in [-0.3, -0.25) is 14.2 Å². The van der Waals surface area contributed by atoms with Gasteiger partial charge in [-0.25, -0.2) is 13.8 Å². The Morgan fingerprint density at radius 1 is 1.11 bits per heavy atom. The van der Waals surface area contributed by atoms with Crippen molar-refractivity contribution in [1.82, 2.24) is 19.5 Å². The molecule has 5 rings (SSSR count). The van der Waals surface area contributed by atoms with Gasteiger partial charge in [0.2, 0.25) is 11.9 Å². The van der Waals surface area contributed by atoms with E-state index in [1.54, 1.807) is 29.2 Å². The molecule has 2 N–H and O–H groups in total. The van der Waals surface area contributed by atoms with E-state index in [1.165, 1.54) is 29.2 Å². The van der Waals surface area contributed by atoms with Gasteiger partial charge in [0.05, 0.1) is 30.3 Å². The zero-order valence-corrected chi connectivity index (χ0v) is 19.4. The van der Waals surface area contributed by atoms with Crippen molar-refractivity contribution < 1.29 is 18.3 Å². The molecule has 0 radical (unpaired) electrons. The number of nitrogens with zero attached hydrogens (tertiary/aromatic N) is 5. The maximum Gasteiger partial charge on any atom is 0.283 e. The summed E-state index contributed by atoms with van der Waals surface area (Å²) in [7, 11) is 0. The van der Waals surface area contributed by atoms with Crippen LogP contribution >= 0.6 is 0 Å². The maximum atomic E-state index is 14.9. The van der Waals surface area contributed by atoms with Gasteiger partial charge in [-0.2, -0.15) is 9.97 Å². The molecule has 188 valence electrons. The fourth-order valence-corrected chi connectivity index (χ4v) is 3.92. The van der Waals surface area contributed by atoms with Crippen LogP contribution in [0.5, 0.6) is 0 Å². The number of morpholine rings is 1. The van der Waals surface area contributed by atoms with Gasteiger partial charge in [0.1, 0.15) is 11.7 Å². The number of hydrogen-bond acceptors (Lipinski definition) is 8. The van der Waals surface area contributed by atoms with Gasteiger partial charge in [-0.1, -0.05) is 12.6 Å². The third-order valence-electron chi connectivity index (χ3n) is 5.76. The smallest absolute Gasteiger partial charge is 0.283 e. The number of rotatable bonds is 6. The van der Waals surface area contributed by atoms with E-state index >= 15 is 0 Å². The van der Waals surface area contributed by atoms with Crippen LogP contribution in [0.2, 0.25) is 0 Å². The Hall–Kier alpha value is -4.71. The van der Waals surface area contributed by atoms with Crippen LogP contribution in [0, 0.1) is 11.6 Å². The Kier molecular flexibility index (Phi) is 6.56. The van der Waals surface area contributed by atoms with Gasteiger partial charge in [-0.15, -0.1) is 0 Å². The van der Waals surface area contributed by atoms with Crippen molar-refractivity contribution in [2.24, 2.45) is 0 Å². The predicted molar refractivity (Wildman–Crippen MR) is 134 cm³/mol. The van der Waals surface area contributed by atoms with Crippen LogP contribution in [0.1, 0.15) is 0 Å². The molecule has 1 amide bonds. The SMILES string of the molecule is C=CC(=O)Nc1cccc(-n2cnc(=O)c3cnc(Nc4ccc(N5CCOCC5)c(F)c4F)nc32)c1. The van der Waals surface area contributed by atoms with Crippen molar-refractivity contribution in [3.63, 3.8) is 0 Å². The predicted octanol–water partition coefficient (Wildman–Crippen LogP) is 3.16. The van der Waals surface area contributed by atoms with E-state index in [2.05, 4.69) is 32.2 Å². The molecule has 2 aromatic carbocycles. The second-order valence-corrected chi connectivity index (χ2v) is 8.08. The number of carbonyl (C=O) groups excluding carboxylic acids is 1. The second-order valence-electron chi connectivity index (χ2n) is 8.08. The first-order chi connectivity index (χ1) is 17.9. The van der Waals surface area contributed by atoms with Gasteiger partial charge in [0.15, 0.2) is 17.3 Å². The number of fused-ring (bicyclic) bond motifs is 1. The van der Waals surface area contributed by atoms with Crippen molar-refractivity contribution in [2.75, 3.05) is 41.8 Å². The zero-order valence-electron chi connectivity index (χ0n) is 19.4. The fraction of sp³-hybridized carbons (Fsp3) is 0.160. The summed E-state index contributed by atoms with van der Waals surface area (Å²) in [4.78, 5) is 38.1. The van der Waals surface area contributed by atoms with E-state index in [0.717, 1.165) is 6.08 Å². The lowest BCUT2D eigenvalue weighted by Gasteiger charge is -2.29. The largest absolute Gasteiger partial charge is 0.378 e. The summed E-state index contributed by atoms with van der Waals surface area (Å²) in [5.74, 6) is -2.51.